The Hall–Kier alpha value is -4.93. The van der Waals surface area contributed by atoms with E-state index in [4.69, 9.17) is 9.47 Å². The maximum absolute atomic E-state index is 13.2. The molecule has 39 heavy (non-hydrogen) atoms. The average molecular weight is 529 g/mol. The molecule has 0 atom stereocenters. The smallest absolute Gasteiger partial charge is 0.348 e. The van der Waals surface area contributed by atoms with Gasteiger partial charge >= 0.3 is 5.69 Å². The van der Waals surface area contributed by atoms with Crippen LogP contribution in [0.3, 0.4) is 0 Å². The average Bonchev–Trinajstić information content (AvgIpc) is 3.41. The van der Waals surface area contributed by atoms with Crippen LogP contribution in [0.25, 0.3) is 17.1 Å². The number of hydrogen-bond acceptors (Lipinski definition) is 7. The van der Waals surface area contributed by atoms with Crippen LogP contribution in [0, 0.1) is 13.8 Å². The van der Waals surface area contributed by atoms with Crippen LogP contribution in [-0.4, -0.2) is 51.2 Å². The second-order valence-corrected chi connectivity index (χ2v) is 9.17. The summed E-state index contributed by atoms with van der Waals surface area (Å²) < 4.78 is 14.5. The number of aromatic nitrogens is 4. The summed E-state index contributed by atoms with van der Waals surface area (Å²) in [6.45, 7) is 4.12. The third-order valence-electron chi connectivity index (χ3n) is 6.40. The maximum atomic E-state index is 13.2. The predicted molar refractivity (Wildman–Crippen MR) is 143 cm³/mol. The highest BCUT2D eigenvalue weighted by Gasteiger charge is 2.17. The molecule has 4 aromatic rings. The van der Waals surface area contributed by atoms with Crippen molar-refractivity contribution < 1.29 is 19.1 Å². The topological polar surface area (TPSA) is 129 Å². The third kappa shape index (κ3) is 5.52. The van der Waals surface area contributed by atoms with E-state index in [1.165, 1.54) is 11.7 Å². The fourth-order valence-electron chi connectivity index (χ4n) is 4.53. The summed E-state index contributed by atoms with van der Waals surface area (Å²) >= 11 is 0. The van der Waals surface area contributed by atoms with Crippen molar-refractivity contribution in [2.24, 2.45) is 0 Å². The Morgan fingerprint density at radius 2 is 2.00 bits per heavy atom. The summed E-state index contributed by atoms with van der Waals surface area (Å²) in [5.74, 6) is 0.924. The number of amides is 2. The number of fused-ring (bicyclic) bond motifs is 7. The molecule has 1 aliphatic rings. The van der Waals surface area contributed by atoms with E-state index in [0.29, 0.717) is 34.3 Å². The van der Waals surface area contributed by atoms with Gasteiger partial charge in [0.05, 0.1) is 7.11 Å². The number of carbonyl (C=O) groups is 2. The molecule has 0 unspecified atom stereocenters. The minimum absolute atomic E-state index is 0.193. The van der Waals surface area contributed by atoms with Crippen LogP contribution in [0.4, 0.5) is 0 Å². The van der Waals surface area contributed by atoms with E-state index in [2.05, 4.69) is 20.6 Å². The van der Waals surface area contributed by atoms with E-state index in [1.54, 1.807) is 43.6 Å². The number of hydrogen-bond donors (Lipinski definition) is 2. The number of carbonyl (C=O) groups excluding carboxylic acids is 2. The summed E-state index contributed by atoms with van der Waals surface area (Å²) in [6.07, 6.45) is 3.48. The van der Waals surface area contributed by atoms with E-state index in [-0.39, 0.29) is 43.7 Å². The van der Waals surface area contributed by atoms with Gasteiger partial charge in [-0.05, 0) is 61.9 Å². The largest absolute Gasteiger partial charge is 0.493 e. The maximum Gasteiger partial charge on any atom is 0.348 e. The quantitative estimate of drug-likeness (QED) is 0.406. The number of rotatable bonds is 5. The Balaban J connectivity index is 1.46. The summed E-state index contributed by atoms with van der Waals surface area (Å²) in [6, 6.07) is 12.6. The number of nitrogens with zero attached hydrogens (tertiary/aromatic N) is 4. The van der Waals surface area contributed by atoms with Crippen molar-refractivity contribution in [2.45, 2.75) is 26.9 Å². The highest BCUT2D eigenvalue weighted by Crippen LogP contribution is 2.33. The second kappa shape index (κ2) is 10.8. The molecule has 5 rings (SSSR count). The molecule has 0 radical (unpaired) electrons. The zero-order valence-corrected chi connectivity index (χ0v) is 21.9. The highest BCUT2D eigenvalue weighted by atomic mass is 16.5. The lowest BCUT2D eigenvalue weighted by Gasteiger charge is -2.14. The Labute approximate surface area is 224 Å². The first kappa shape index (κ1) is 25.7. The van der Waals surface area contributed by atoms with Crippen molar-refractivity contribution in [2.75, 3.05) is 20.3 Å². The van der Waals surface area contributed by atoms with Gasteiger partial charge < -0.3 is 20.1 Å². The van der Waals surface area contributed by atoms with Gasteiger partial charge in [-0.25, -0.2) is 9.78 Å². The van der Waals surface area contributed by atoms with Crippen LogP contribution in [0.5, 0.6) is 11.5 Å². The van der Waals surface area contributed by atoms with Crippen molar-refractivity contribution in [3.05, 3.63) is 87.9 Å². The van der Waals surface area contributed by atoms with Gasteiger partial charge in [0.25, 0.3) is 11.8 Å². The lowest BCUT2D eigenvalue weighted by Crippen LogP contribution is -2.33. The lowest BCUT2D eigenvalue weighted by molar-refractivity contribution is -0.123. The Bertz CT molecular complexity index is 1620. The molecule has 1 aliphatic heterocycles. The molecule has 2 aromatic heterocycles. The molecular weight excluding hydrogens is 500 g/mol. The van der Waals surface area contributed by atoms with E-state index in [0.717, 1.165) is 16.8 Å². The minimum atomic E-state index is -0.350. The molecule has 0 saturated carbocycles. The molecule has 2 N–H and O–H groups in total. The van der Waals surface area contributed by atoms with Gasteiger partial charge in [-0.3, -0.25) is 18.7 Å². The van der Waals surface area contributed by atoms with Crippen LogP contribution in [0.2, 0.25) is 0 Å². The fraction of sp³-hybridized carbons (Fsp3) is 0.250. The second-order valence-electron chi connectivity index (χ2n) is 9.17. The van der Waals surface area contributed by atoms with Crippen LogP contribution >= 0.6 is 0 Å². The van der Waals surface area contributed by atoms with E-state index in [9.17, 15) is 14.4 Å². The minimum Gasteiger partial charge on any atom is -0.493 e. The van der Waals surface area contributed by atoms with Gasteiger partial charge in [0, 0.05) is 60.2 Å². The molecular formula is C28H28N6O5. The van der Waals surface area contributed by atoms with Gasteiger partial charge in [0.15, 0.2) is 18.1 Å². The SMILES string of the molecule is COc1ccc2cc1OCC(=O)NCc1cc(C(=O)NCCn3c(C)cc(C)nc3=O)cc(c1)-n1ccnc1-2. The molecule has 3 heterocycles. The van der Waals surface area contributed by atoms with Crippen molar-refractivity contribution in [1.82, 2.24) is 29.7 Å². The molecule has 4 bridgehead atoms. The zero-order chi connectivity index (χ0) is 27.5. The zero-order valence-electron chi connectivity index (χ0n) is 21.9. The van der Waals surface area contributed by atoms with E-state index < -0.39 is 0 Å². The normalized spacial score (nSPS) is 12.6. The number of ether oxygens (including phenoxy) is 2. The number of imidazole rings is 1. The predicted octanol–water partition coefficient (Wildman–Crippen LogP) is 2.16. The van der Waals surface area contributed by atoms with Gasteiger partial charge in [-0.15, -0.1) is 0 Å². The number of nitrogens with one attached hydrogen (secondary N) is 2. The molecule has 0 fully saturated rings. The van der Waals surface area contributed by atoms with Gasteiger partial charge in [-0.1, -0.05) is 0 Å². The third-order valence-corrected chi connectivity index (χ3v) is 6.40. The van der Waals surface area contributed by atoms with Crippen LogP contribution < -0.4 is 25.8 Å². The van der Waals surface area contributed by atoms with Gasteiger partial charge in [0.1, 0.15) is 5.82 Å². The first-order valence-electron chi connectivity index (χ1n) is 12.4. The summed E-state index contributed by atoms with van der Waals surface area (Å²) in [4.78, 5) is 46.5. The summed E-state index contributed by atoms with van der Waals surface area (Å²) in [5.41, 5.74) is 3.66. The van der Waals surface area contributed by atoms with E-state index >= 15 is 0 Å². The first-order valence-corrected chi connectivity index (χ1v) is 12.4. The summed E-state index contributed by atoms with van der Waals surface area (Å²) in [7, 11) is 1.53. The lowest BCUT2D eigenvalue weighted by atomic mass is 10.1. The monoisotopic (exact) mass is 528 g/mol. The Morgan fingerprint density at radius 1 is 1.15 bits per heavy atom. The Kier molecular flexibility index (Phi) is 7.13. The highest BCUT2D eigenvalue weighted by molar-refractivity contribution is 5.95. The molecule has 2 amide bonds. The van der Waals surface area contributed by atoms with Gasteiger partial charge in [0.2, 0.25) is 0 Å². The summed E-state index contributed by atoms with van der Waals surface area (Å²) in [5, 5.41) is 5.72. The van der Waals surface area contributed by atoms with Crippen molar-refractivity contribution in [3.8, 4) is 28.6 Å². The molecule has 0 saturated heterocycles. The number of benzene rings is 2. The van der Waals surface area contributed by atoms with Crippen LogP contribution in [0.15, 0.2) is 59.7 Å². The molecule has 0 spiro atoms. The number of aryl methyl sites for hydroxylation is 2. The Morgan fingerprint density at radius 3 is 2.79 bits per heavy atom. The van der Waals surface area contributed by atoms with Crippen molar-refractivity contribution in [1.29, 1.82) is 0 Å². The van der Waals surface area contributed by atoms with E-state index in [1.807, 2.05) is 29.7 Å². The number of methoxy groups -OCH3 is 1. The molecule has 200 valence electrons. The van der Waals surface area contributed by atoms with Gasteiger partial charge in [-0.2, -0.15) is 4.98 Å². The van der Waals surface area contributed by atoms with Crippen molar-refractivity contribution in [3.63, 3.8) is 0 Å². The van der Waals surface area contributed by atoms with Crippen LogP contribution in [0.1, 0.15) is 27.3 Å². The standard InChI is InChI=1S/C28H28N6O5/c1-17-10-18(2)33(28(37)32-17)8-7-30-27(36)21-11-19-12-22(13-21)34-9-6-29-26(34)20-4-5-23(38-3)24(14-20)39-16-25(35)31-15-19/h4-6,9-14H,7-8,15-16H2,1-3H3,(H,30,36)(H,31,35). The molecule has 11 heteroatoms. The molecule has 0 aliphatic carbocycles. The molecule has 11 nitrogen and oxygen atoms in total. The fourth-order valence-corrected chi connectivity index (χ4v) is 4.53. The molecule has 2 aromatic carbocycles. The van der Waals surface area contributed by atoms with Crippen LogP contribution in [-0.2, 0) is 17.9 Å². The van der Waals surface area contributed by atoms with Crippen molar-refractivity contribution >= 4 is 11.8 Å². The first-order chi connectivity index (χ1) is 18.8.